The van der Waals surface area contributed by atoms with Gasteiger partial charge in [-0.2, -0.15) is 0 Å². The minimum absolute atomic E-state index is 0.286. The van der Waals surface area contributed by atoms with Gasteiger partial charge in [0.2, 0.25) is 6.10 Å². The molecule has 1 atom stereocenters. The summed E-state index contributed by atoms with van der Waals surface area (Å²) in [6.45, 7) is 2.03. The second kappa shape index (κ2) is 6.56. The van der Waals surface area contributed by atoms with E-state index < -0.39 is 12.1 Å². The number of nitrogen functional groups attached to an aromatic ring is 1. The zero-order chi connectivity index (χ0) is 14.4. The van der Waals surface area contributed by atoms with Crippen molar-refractivity contribution in [1.82, 2.24) is 4.98 Å². The second-order valence-electron chi connectivity index (χ2n) is 4.07. The topological polar surface area (TPSA) is 74.4 Å². The molecule has 1 heterocycles. The lowest BCUT2D eigenvalue weighted by Gasteiger charge is -2.18. The van der Waals surface area contributed by atoms with Crippen LogP contribution in [0.4, 0.5) is 5.69 Å². The second-order valence-corrected chi connectivity index (χ2v) is 4.07. The van der Waals surface area contributed by atoms with Crippen molar-refractivity contribution in [3.63, 3.8) is 0 Å². The van der Waals surface area contributed by atoms with Crippen LogP contribution < -0.4 is 10.5 Å². The summed E-state index contributed by atoms with van der Waals surface area (Å²) in [5.74, 6) is -0.101. The van der Waals surface area contributed by atoms with Crippen molar-refractivity contribution >= 4 is 11.7 Å². The van der Waals surface area contributed by atoms with Crippen molar-refractivity contribution < 1.29 is 14.3 Å². The Hall–Kier alpha value is -2.56. The van der Waals surface area contributed by atoms with Gasteiger partial charge in [0.05, 0.1) is 18.5 Å². The van der Waals surface area contributed by atoms with Crippen LogP contribution in [0.1, 0.15) is 18.6 Å². The monoisotopic (exact) mass is 272 g/mol. The fourth-order valence-corrected chi connectivity index (χ4v) is 1.71. The molecule has 5 nitrogen and oxygen atoms in total. The largest absolute Gasteiger partial charge is 0.470 e. The SMILES string of the molecule is CCOC(=O)C(Oc1cnccc1N)c1ccccc1. The van der Waals surface area contributed by atoms with Crippen LogP contribution in [0.2, 0.25) is 0 Å². The number of esters is 1. The quantitative estimate of drug-likeness (QED) is 0.846. The fourth-order valence-electron chi connectivity index (χ4n) is 1.71. The summed E-state index contributed by atoms with van der Waals surface area (Å²) in [4.78, 5) is 16.0. The van der Waals surface area contributed by atoms with Crippen LogP contribution in [-0.4, -0.2) is 17.6 Å². The molecule has 5 heteroatoms. The first-order chi connectivity index (χ1) is 9.72. The molecule has 0 spiro atoms. The van der Waals surface area contributed by atoms with Crippen molar-refractivity contribution in [3.8, 4) is 5.75 Å². The zero-order valence-corrected chi connectivity index (χ0v) is 11.2. The average molecular weight is 272 g/mol. The summed E-state index contributed by atoms with van der Waals surface area (Å²) in [6, 6.07) is 10.7. The van der Waals surface area contributed by atoms with Crippen LogP contribution >= 0.6 is 0 Å². The third kappa shape index (κ3) is 3.26. The summed E-state index contributed by atoms with van der Waals surface area (Å²) in [5.41, 5.74) is 6.93. The van der Waals surface area contributed by atoms with Gasteiger partial charge in [-0.3, -0.25) is 4.98 Å². The molecule has 2 rings (SSSR count). The number of nitrogens with zero attached hydrogens (tertiary/aromatic N) is 1. The Morgan fingerprint density at radius 1 is 1.30 bits per heavy atom. The number of hydrogen-bond acceptors (Lipinski definition) is 5. The highest BCUT2D eigenvalue weighted by molar-refractivity contribution is 5.77. The highest BCUT2D eigenvalue weighted by atomic mass is 16.6. The first-order valence-electron chi connectivity index (χ1n) is 6.30. The highest BCUT2D eigenvalue weighted by Gasteiger charge is 2.24. The van der Waals surface area contributed by atoms with Gasteiger partial charge in [0.1, 0.15) is 0 Å². The summed E-state index contributed by atoms with van der Waals surface area (Å²) in [5, 5.41) is 0. The third-order valence-corrected chi connectivity index (χ3v) is 2.66. The van der Waals surface area contributed by atoms with E-state index >= 15 is 0 Å². The Balaban J connectivity index is 2.28. The van der Waals surface area contributed by atoms with Gasteiger partial charge in [0.25, 0.3) is 0 Å². The molecular formula is C15H16N2O3. The predicted molar refractivity (Wildman–Crippen MR) is 75.1 cm³/mol. The third-order valence-electron chi connectivity index (χ3n) is 2.66. The normalized spacial score (nSPS) is 11.7. The molecule has 0 amide bonds. The van der Waals surface area contributed by atoms with Crippen LogP contribution in [0, 0.1) is 0 Å². The van der Waals surface area contributed by atoms with Crippen molar-refractivity contribution in [3.05, 3.63) is 54.4 Å². The van der Waals surface area contributed by atoms with Gasteiger partial charge in [-0.15, -0.1) is 0 Å². The van der Waals surface area contributed by atoms with Crippen LogP contribution in [0.15, 0.2) is 48.8 Å². The van der Waals surface area contributed by atoms with Crippen molar-refractivity contribution in [1.29, 1.82) is 0 Å². The Morgan fingerprint density at radius 3 is 2.70 bits per heavy atom. The zero-order valence-electron chi connectivity index (χ0n) is 11.2. The molecule has 2 N–H and O–H groups in total. The molecule has 1 unspecified atom stereocenters. The Kier molecular flexibility index (Phi) is 4.55. The van der Waals surface area contributed by atoms with Gasteiger partial charge in [0.15, 0.2) is 5.75 Å². The van der Waals surface area contributed by atoms with E-state index in [0.29, 0.717) is 17.0 Å². The molecular weight excluding hydrogens is 256 g/mol. The molecule has 1 aromatic carbocycles. The summed E-state index contributed by atoms with van der Waals surface area (Å²) >= 11 is 0. The van der Waals surface area contributed by atoms with Crippen LogP contribution in [0.25, 0.3) is 0 Å². The number of carbonyl (C=O) groups is 1. The lowest BCUT2D eigenvalue weighted by Crippen LogP contribution is -2.21. The maximum Gasteiger partial charge on any atom is 0.352 e. The predicted octanol–water partition coefficient (Wildman–Crippen LogP) is 2.35. The van der Waals surface area contributed by atoms with Gasteiger partial charge in [-0.05, 0) is 13.0 Å². The highest BCUT2D eigenvalue weighted by Crippen LogP contribution is 2.27. The number of rotatable bonds is 5. The van der Waals surface area contributed by atoms with E-state index in [-0.39, 0.29) is 6.61 Å². The van der Waals surface area contributed by atoms with Crippen molar-refractivity contribution in [2.24, 2.45) is 0 Å². The molecule has 2 aromatic rings. The van der Waals surface area contributed by atoms with Gasteiger partial charge in [0, 0.05) is 11.8 Å². The number of ether oxygens (including phenoxy) is 2. The molecule has 0 saturated carbocycles. The van der Waals surface area contributed by atoms with E-state index in [0.717, 1.165) is 0 Å². The summed E-state index contributed by atoms with van der Waals surface area (Å²) in [7, 11) is 0. The molecule has 104 valence electrons. The van der Waals surface area contributed by atoms with E-state index in [9.17, 15) is 4.79 Å². The Morgan fingerprint density at radius 2 is 2.05 bits per heavy atom. The van der Waals surface area contributed by atoms with E-state index in [4.69, 9.17) is 15.2 Å². The lowest BCUT2D eigenvalue weighted by atomic mass is 10.1. The molecule has 0 aliphatic rings. The summed E-state index contributed by atoms with van der Waals surface area (Å²) in [6.07, 6.45) is 2.18. The van der Waals surface area contributed by atoms with Crippen LogP contribution in [0.3, 0.4) is 0 Å². The number of nitrogens with two attached hydrogens (primary N) is 1. The molecule has 20 heavy (non-hydrogen) atoms. The Labute approximate surface area is 117 Å². The smallest absolute Gasteiger partial charge is 0.352 e. The maximum absolute atomic E-state index is 12.1. The minimum Gasteiger partial charge on any atom is -0.470 e. The number of aromatic nitrogens is 1. The van der Waals surface area contributed by atoms with Gasteiger partial charge in [-0.1, -0.05) is 30.3 Å². The lowest BCUT2D eigenvalue weighted by molar-refractivity contribution is -0.151. The number of anilines is 1. The molecule has 0 fully saturated rings. The number of carbonyl (C=O) groups excluding carboxylic acids is 1. The molecule has 1 aromatic heterocycles. The maximum atomic E-state index is 12.1. The molecule has 0 bridgehead atoms. The van der Waals surface area contributed by atoms with Crippen molar-refractivity contribution in [2.75, 3.05) is 12.3 Å². The van der Waals surface area contributed by atoms with Crippen molar-refractivity contribution in [2.45, 2.75) is 13.0 Å². The van der Waals surface area contributed by atoms with E-state index in [2.05, 4.69) is 4.98 Å². The fraction of sp³-hybridized carbons (Fsp3) is 0.200. The van der Waals surface area contributed by atoms with Gasteiger partial charge in [-0.25, -0.2) is 4.79 Å². The van der Waals surface area contributed by atoms with Gasteiger partial charge < -0.3 is 15.2 Å². The number of benzene rings is 1. The number of pyridine rings is 1. The Bertz CT molecular complexity index is 572. The first kappa shape index (κ1) is 13.9. The molecule has 0 radical (unpaired) electrons. The van der Waals surface area contributed by atoms with Crippen LogP contribution in [0.5, 0.6) is 5.75 Å². The summed E-state index contributed by atoms with van der Waals surface area (Å²) < 4.78 is 10.7. The average Bonchev–Trinajstić information content (AvgIpc) is 2.47. The van der Waals surface area contributed by atoms with E-state index in [1.807, 2.05) is 18.2 Å². The first-order valence-corrected chi connectivity index (χ1v) is 6.30. The molecule has 0 aliphatic heterocycles. The van der Waals surface area contributed by atoms with Crippen LogP contribution in [-0.2, 0) is 9.53 Å². The minimum atomic E-state index is -0.859. The van der Waals surface area contributed by atoms with E-state index in [1.54, 1.807) is 31.3 Å². The van der Waals surface area contributed by atoms with Gasteiger partial charge >= 0.3 is 5.97 Å². The van der Waals surface area contributed by atoms with E-state index in [1.165, 1.54) is 6.20 Å². The molecule has 0 aliphatic carbocycles. The number of hydrogen-bond donors (Lipinski definition) is 1. The standard InChI is InChI=1S/C15H16N2O3/c1-2-19-15(18)14(11-6-4-3-5-7-11)20-13-10-17-9-8-12(13)16/h3-10,14H,2H2,1H3,(H2,16,17). The molecule has 0 saturated heterocycles.